The molecule has 0 aliphatic rings. The second kappa shape index (κ2) is 6.22. The third kappa shape index (κ3) is 2.98. The van der Waals surface area contributed by atoms with Crippen LogP contribution in [-0.4, -0.2) is 12.2 Å². The van der Waals surface area contributed by atoms with E-state index in [4.69, 9.17) is 5.26 Å². The van der Waals surface area contributed by atoms with Gasteiger partial charge in [-0.05, 0) is 36.6 Å². The van der Waals surface area contributed by atoms with Crippen molar-refractivity contribution in [3.8, 4) is 6.07 Å². The number of hydrogen-bond donors (Lipinski definition) is 1. The molecule has 1 N–H and O–H groups in total. The lowest BCUT2D eigenvalue weighted by Crippen LogP contribution is -2.14. The summed E-state index contributed by atoms with van der Waals surface area (Å²) in [5.41, 5.74) is 0.734. The normalized spacial score (nSPS) is 9.85. The van der Waals surface area contributed by atoms with Crippen LogP contribution in [0.25, 0.3) is 0 Å². The van der Waals surface area contributed by atoms with E-state index in [2.05, 4.69) is 5.32 Å². The van der Waals surface area contributed by atoms with Crippen LogP contribution < -0.4 is 5.32 Å². The molecular weight excluding hydrogens is 275 g/mol. The van der Waals surface area contributed by atoms with Crippen LogP contribution in [0.5, 0.6) is 0 Å². The first-order valence-electron chi connectivity index (χ1n) is 5.79. The summed E-state index contributed by atoms with van der Waals surface area (Å²) < 4.78 is 13.8. The lowest BCUT2D eigenvalue weighted by molar-refractivity contribution is 0.102. The molecule has 2 aromatic carbocycles. The molecule has 0 saturated carbocycles. The summed E-state index contributed by atoms with van der Waals surface area (Å²) in [7, 11) is 0. The second-order valence-electron chi connectivity index (χ2n) is 3.96. The summed E-state index contributed by atoms with van der Waals surface area (Å²) in [5.74, 6) is -1.24. The number of benzene rings is 2. The molecule has 100 valence electrons. The smallest absolute Gasteiger partial charge is 0.258 e. The van der Waals surface area contributed by atoms with Crippen molar-refractivity contribution >= 4 is 23.4 Å². The quantitative estimate of drug-likeness (QED) is 0.876. The van der Waals surface area contributed by atoms with Crippen LogP contribution in [0.3, 0.4) is 0 Å². The lowest BCUT2D eigenvalue weighted by Gasteiger charge is -2.09. The molecule has 0 aromatic heterocycles. The summed E-state index contributed by atoms with van der Waals surface area (Å²) in [6, 6.07) is 12.9. The molecular formula is C15H11FN2OS. The van der Waals surface area contributed by atoms with Gasteiger partial charge in [-0.25, -0.2) is 4.39 Å². The van der Waals surface area contributed by atoms with Crippen molar-refractivity contribution in [2.24, 2.45) is 0 Å². The number of halogens is 1. The van der Waals surface area contributed by atoms with E-state index in [1.165, 1.54) is 23.9 Å². The topological polar surface area (TPSA) is 52.9 Å². The second-order valence-corrected chi connectivity index (χ2v) is 4.81. The summed E-state index contributed by atoms with van der Waals surface area (Å²) in [4.78, 5) is 13.0. The fourth-order valence-corrected chi connectivity index (χ4v) is 2.26. The van der Waals surface area contributed by atoms with Gasteiger partial charge >= 0.3 is 0 Å². The minimum Gasteiger partial charge on any atom is -0.321 e. The number of nitrogens with zero attached hydrogens (tertiary/aromatic N) is 1. The van der Waals surface area contributed by atoms with Crippen molar-refractivity contribution < 1.29 is 9.18 Å². The Morgan fingerprint density at radius 1 is 1.30 bits per heavy atom. The Hall–Kier alpha value is -2.32. The van der Waals surface area contributed by atoms with Crippen LogP contribution in [-0.2, 0) is 0 Å². The Morgan fingerprint density at radius 2 is 2.05 bits per heavy atom. The molecule has 0 aliphatic carbocycles. The average molecular weight is 286 g/mol. The Balaban J connectivity index is 2.27. The number of para-hydroxylation sites is 1. The number of hydrogen-bond acceptors (Lipinski definition) is 3. The minimum atomic E-state index is -0.705. The maximum Gasteiger partial charge on any atom is 0.258 e. The van der Waals surface area contributed by atoms with Gasteiger partial charge in [-0.2, -0.15) is 5.26 Å². The number of thioether (sulfide) groups is 1. The van der Waals surface area contributed by atoms with Gasteiger partial charge in [0.25, 0.3) is 5.91 Å². The number of carbonyl (C=O) groups is 1. The summed E-state index contributed by atoms with van der Waals surface area (Å²) in [6.07, 6.45) is 1.90. The maximum atomic E-state index is 13.8. The van der Waals surface area contributed by atoms with E-state index < -0.39 is 11.7 Å². The Kier molecular flexibility index (Phi) is 4.38. The molecule has 20 heavy (non-hydrogen) atoms. The zero-order chi connectivity index (χ0) is 14.5. The van der Waals surface area contributed by atoms with Crippen molar-refractivity contribution in [3.63, 3.8) is 0 Å². The molecule has 0 saturated heterocycles. The van der Waals surface area contributed by atoms with Crippen LogP contribution in [0.15, 0.2) is 47.4 Å². The number of nitrogens with one attached hydrogen (secondary N) is 1. The molecule has 0 fully saturated rings. The molecule has 0 radical (unpaired) electrons. The predicted octanol–water partition coefficient (Wildman–Crippen LogP) is 3.67. The van der Waals surface area contributed by atoms with E-state index in [1.807, 2.05) is 24.5 Å². The monoisotopic (exact) mass is 286 g/mol. The highest BCUT2D eigenvalue weighted by Gasteiger charge is 2.13. The fraction of sp³-hybridized carbons (Fsp3) is 0.0667. The fourth-order valence-electron chi connectivity index (χ4n) is 1.71. The van der Waals surface area contributed by atoms with Gasteiger partial charge in [0.05, 0.1) is 22.9 Å². The molecule has 2 rings (SSSR count). The Labute approximate surface area is 120 Å². The predicted molar refractivity (Wildman–Crippen MR) is 77.3 cm³/mol. The van der Waals surface area contributed by atoms with Gasteiger partial charge in [0.2, 0.25) is 0 Å². The molecule has 3 nitrogen and oxygen atoms in total. The van der Waals surface area contributed by atoms with E-state index >= 15 is 0 Å². The van der Waals surface area contributed by atoms with Crippen LogP contribution in [0.4, 0.5) is 10.1 Å². The molecule has 0 aliphatic heterocycles. The summed E-state index contributed by atoms with van der Waals surface area (Å²) >= 11 is 1.49. The van der Waals surface area contributed by atoms with Crippen LogP contribution in [0, 0.1) is 17.1 Å². The number of carbonyl (C=O) groups excluding carboxylic acids is 1. The number of amides is 1. The van der Waals surface area contributed by atoms with Crippen molar-refractivity contribution in [1.82, 2.24) is 0 Å². The van der Waals surface area contributed by atoms with Gasteiger partial charge in [-0.3, -0.25) is 4.79 Å². The van der Waals surface area contributed by atoms with Crippen LogP contribution in [0.2, 0.25) is 0 Å². The zero-order valence-electron chi connectivity index (χ0n) is 10.7. The molecule has 0 bridgehead atoms. The average Bonchev–Trinajstić information content (AvgIpc) is 2.47. The highest BCUT2D eigenvalue weighted by Crippen LogP contribution is 2.25. The third-order valence-corrected chi connectivity index (χ3v) is 3.49. The number of nitriles is 1. The molecule has 5 heteroatoms. The molecule has 1 amide bonds. The molecule has 0 atom stereocenters. The highest BCUT2D eigenvalue weighted by molar-refractivity contribution is 7.98. The van der Waals surface area contributed by atoms with E-state index in [-0.39, 0.29) is 11.1 Å². The van der Waals surface area contributed by atoms with Gasteiger partial charge in [0, 0.05) is 4.90 Å². The first-order valence-corrected chi connectivity index (χ1v) is 7.02. The minimum absolute atomic E-state index is 0.0834. The van der Waals surface area contributed by atoms with Crippen molar-refractivity contribution in [2.75, 3.05) is 11.6 Å². The van der Waals surface area contributed by atoms with Gasteiger partial charge < -0.3 is 5.32 Å². The summed E-state index contributed by atoms with van der Waals surface area (Å²) in [6.45, 7) is 0. The van der Waals surface area contributed by atoms with Crippen LogP contribution in [0.1, 0.15) is 15.9 Å². The van der Waals surface area contributed by atoms with Crippen molar-refractivity contribution in [3.05, 3.63) is 59.4 Å². The molecule has 0 heterocycles. The molecule has 2 aromatic rings. The van der Waals surface area contributed by atoms with Gasteiger partial charge in [0.15, 0.2) is 0 Å². The first-order chi connectivity index (χ1) is 9.65. The van der Waals surface area contributed by atoms with E-state index in [9.17, 15) is 9.18 Å². The van der Waals surface area contributed by atoms with Crippen molar-refractivity contribution in [2.45, 2.75) is 4.90 Å². The number of rotatable bonds is 3. The van der Waals surface area contributed by atoms with E-state index in [0.29, 0.717) is 5.69 Å². The largest absolute Gasteiger partial charge is 0.321 e. The Morgan fingerprint density at radius 3 is 2.70 bits per heavy atom. The van der Waals surface area contributed by atoms with E-state index in [1.54, 1.807) is 12.1 Å². The first kappa shape index (κ1) is 14.1. The number of anilines is 1. The van der Waals surface area contributed by atoms with E-state index in [0.717, 1.165) is 11.0 Å². The lowest BCUT2D eigenvalue weighted by atomic mass is 10.1. The SMILES string of the molecule is CSc1ccccc1NC(=O)c1ccc(C#N)cc1F. The standard InChI is InChI=1S/C15H11FN2OS/c1-20-14-5-3-2-4-13(14)18-15(19)11-7-6-10(9-17)8-12(11)16/h2-8H,1H3,(H,18,19). The van der Waals surface area contributed by atoms with Gasteiger partial charge in [0.1, 0.15) is 5.82 Å². The highest BCUT2D eigenvalue weighted by atomic mass is 32.2. The zero-order valence-corrected chi connectivity index (χ0v) is 11.5. The molecule has 0 unspecified atom stereocenters. The van der Waals surface area contributed by atoms with Gasteiger partial charge in [-0.1, -0.05) is 12.1 Å². The molecule has 0 spiro atoms. The third-order valence-electron chi connectivity index (χ3n) is 2.70. The van der Waals surface area contributed by atoms with Crippen molar-refractivity contribution in [1.29, 1.82) is 5.26 Å². The van der Waals surface area contributed by atoms with Gasteiger partial charge in [-0.15, -0.1) is 11.8 Å². The Bertz CT molecular complexity index is 695. The maximum absolute atomic E-state index is 13.8. The summed E-state index contributed by atoms with van der Waals surface area (Å²) in [5, 5.41) is 11.3. The van der Waals surface area contributed by atoms with Crippen LogP contribution >= 0.6 is 11.8 Å².